The van der Waals surface area contributed by atoms with Crippen LogP contribution < -0.4 is 0 Å². The standard InChI is InChI=1S/C18H30N4O/c1-21-16(19-20-17(21)15-5-12-23-13-6-15)4-2-3-10-22-11-9-18(14-22)7-8-18/h15H,2-14H2,1H3. The summed E-state index contributed by atoms with van der Waals surface area (Å²) in [5.74, 6) is 2.86. The highest BCUT2D eigenvalue weighted by Crippen LogP contribution is 2.52. The molecule has 0 atom stereocenters. The number of unbranched alkanes of at least 4 members (excludes halogenated alkanes) is 1. The maximum absolute atomic E-state index is 5.45. The molecule has 0 bridgehead atoms. The molecule has 128 valence electrons. The second-order valence-electron chi connectivity index (χ2n) is 7.90. The molecule has 3 aliphatic rings. The van der Waals surface area contributed by atoms with Crippen LogP contribution in [0.25, 0.3) is 0 Å². The molecule has 0 unspecified atom stereocenters. The Kier molecular flexibility index (Phi) is 4.41. The Morgan fingerprint density at radius 1 is 1.13 bits per heavy atom. The summed E-state index contributed by atoms with van der Waals surface area (Å²) in [7, 11) is 2.14. The Bertz CT molecular complexity index is 531. The minimum absolute atomic E-state index is 0.536. The monoisotopic (exact) mass is 318 g/mol. The van der Waals surface area contributed by atoms with Gasteiger partial charge >= 0.3 is 0 Å². The lowest BCUT2D eigenvalue weighted by Gasteiger charge is -2.21. The average Bonchev–Trinajstić information content (AvgIpc) is 3.06. The lowest BCUT2D eigenvalue weighted by Crippen LogP contribution is -2.22. The molecule has 1 aliphatic carbocycles. The lowest BCUT2D eigenvalue weighted by atomic mass is 9.99. The van der Waals surface area contributed by atoms with Crippen molar-refractivity contribution in [3.63, 3.8) is 0 Å². The second kappa shape index (κ2) is 6.52. The number of likely N-dealkylation sites (tertiary alicyclic amines) is 1. The zero-order chi connectivity index (χ0) is 15.7. The van der Waals surface area contributed by atoms with E-state index in [2.05, 4.69) is 26.7 Å². The third-order valence-corrected chi connectivity index (χ3v) is 6.18. The first-order valence-corrected chi connectivity index (χ1v) is 9.44. The Morgan fingerprint density at radius 3 is 2.70 bits per heavy atom. The first-order chi connectivity index (χ1) is 11.3. The minimum atomic E-state index is 0.536. The molecule has 1 spiro atoms. The fraction of sp³-hybridized carbons (Fsp3) is 0.889. The number of hydrogen-bond acceptors (Lipinski definition) is 4. The SMILES string of the molecule is Cn1c(CCCCN2CCC3(CC3)C2)nnc1C1CCOCC1. The zero-order valence-electron chi connectivity index (χ0n) is 14.5. The quantitative estimate of drug-likeness (QED) is 0.756. The van der Waals surface area contributed by atoms with Crippen LogP contribution in [0.1, 0.15) is 62.5 Å². The first kappa shape index (κ1) is 15.6. The summed E-state index contributed by atoms with van der Waals surface area (Å²) in [5.41, 5.74) is 0.766. The lowest BCUT2D eigenvalue weighted by molar-refractivity contribution is 0.0829. The van der Waals surface area contributed by atoms with E-state index in [1.54, 1.807) is 0 Å². The number of hydrogen-bond donors (Lipinski definition) is 0. The van der Waals surface area contributed by atoms with Gasteiger partial charge in [0, 0.05) is 39.1 Å². The van der Waals surface area contributed by atoms with Crippen molar-refractivity contribution in [2.45, 2.75) is 57.3 Å². The molecular formula is C18H30N4O. The van der Waals surface area contributed by atoms with Gasteiger partial charge in [-0.3, -0.25) is 0 Å². The van der Waals surface area contributed by atoms with Crippen molar-refractivity contribution >= 4 is 0 Å². The van der Waals surface area contributed by atoms with Gasteiger partial charge in [0.05, 0.1) is 0 Å². The fourth-order valence-corrected chi connectivity index (χ4v) is 4.33. The minimum Gasteiger partial charge on any atom is -0.381 e. The molecule has 1 aromatic rings. The van der Waals surface area contributed by atoms with E-state index in [9.17, 15) is 0 Å². The van der Waals surface area contributed by atoms with Gasteiger partial charge in [0.15, 0.2) is 0 Å². The van der Waals surface area contributed by atoms with Crippen molar-refractivity contribution in [2.75, 3.05) is 32.8 Å². The summed E-state index contributed by atoms with van der Waals surface area (Å²) in [6.07, 6.45) is 10.2. The van der Waals surface area contributed by atoms with Gasteiger partial charge in [-0.2, -0.15) is 0 Å². The summed E-state index contributed by atoms with van der Waals surface area (Å²) in [5, 5.41) is 8.92. The number of rotatable bonds is 6. The number of ether oxygens (including phenoxy) is 1. The highest BCUT2D eigenvalue weighted by molar-refractivity contribution is 5.03. The smallest absolute Gasteiger partial charge is 0.136 e. The number of aromatic nitrogens is 3. The molecule has 23 heavy (non-hydrogen) atoms. The molecule has 1 aromatic heterocycles. The van der Waals surface area contributed by atoms with E-state index in [0.717, 1.165) is 43.7 Å². The summed E-state index contributed by atoms with van der Waals surface area (Å²) < 4.78 is 7.69. The maximum Gasteiger partial charge on any atom is 0.136 e. The summed E-state index contributed by atoms with van der Waals surface area (Å²) >= 11 is 0. The van der Waals surface area contributed by atoms with Crippen LogP contribution in [-0.2, 0) is 18.2 Å². The van der Waals surface area contributed by atoms with Crippen molar-refractivity contribution in [1.82, 2.24) is 19.7 Å². The Balaban J connectivity index is 1.22. The molecular weight excluding hydrogens is 288 g/mol. The van der Waals surface area contributed by atoms with Crippen molar-refractivity contribution < 1.29 is 4.74 Å². The predicted octanol–water partition coefficient (Wildman–Crippen LogP) is 2.52. The first-order valence-electron chi connectivity index (χ1n) is 9.44. The van der Waals surface area contributed by atoms with Crippen molar-refractivity contribution in [3.8, 4) is 0 Å². The average molecular weight is 318 g/mol. The van der Waals surface area contributed by atoms with Crippen LogP contribution in [-0.4, -0.2) is 52.5 Å². The van der Waals surface area contributed by atoms with Crippen LogP contribution in [0.15, 0.2) is 0 Å². The van der Waals surface area contributed by atoms with Gasteiger partial charge in [-0.25, -0.2) is 0 Å². The molecule has 0 N–H and O–H groups in total. The van der Waals surface area contributed by atoms with Gasteiger partial charge in [0.1, 0.15) is 11.6 Å². The molecule has 2 saturated heterocycles. The molecule has 2 aliphatic heterocycles. The van der Waals surface area contributed by atoms with Crippen LogP contribution in [0, 0.1) is 5.41 Å². The molecule has 3 heterocycles. The maximum atomic E-state index is 5.45. The predicted molar refractivity (Wildman–Crippen MR) is 89.5 cm³/mol. The van der Waals surface area contributed by atoms with Crippen molar-refractivity contribution in [3.05, 3.63) is 11.6 Å². The van der Waals surface area contributed by atoms with E-state index < -0.39 is 0 Å². The van der Waals surface area contributed by atoms with Crippen LogP contribution in [0.2, 0.25) is 0 Å². The Morgan fingerprint density at radius 2 is 1.96 bits per heavy atom. The molecule has 0 amide bonds. The Hall–Kier alpha value is -0.940. The van der Waals surface area contributed by atoms with E-state index in [1.165, 1.54) is 57.6 Å². The number of nitrogens with zero attached hydrogens (tertiary/aromatic N) is 4. The van der Waals surface area contributed by atoms with E-state index in [0.29, 0.717) is 5.92 Å². The van der Waals surface area contributed by atoms with Gasteiger partial charge in [-0.1, -0.05) is 0 Å². The summed E-state index contributed by atoms with van der Waals surface area (Å²) in [4.78, 5) is 2.68. The molecule has 4 rings (SSSR count). The molecule has 3 fully saturated rings. The topological polar surface area (TPSA) is 43.2 Å². The molecule has 5 nitrogen and oxygen atoms in total. The molecule has 1 saturated carbocycles. The highest BCUT2D eigenvalue weighted by Gasteiger charge is 2.47. The normalized spacial score (nSPS) is 24.6. The largest absolute Gasteiger partial charge is 0.381 e. The molecule has 0 radical (unpaired) electrons. The molecule has 5 heteroatoms. The van der Waals surface area contributed by atoms with E-state index in [-0.39, 0.29) is 0 Å². The van der Waals surface area contributed by atoms with Gasteiger partial charge in [-0.15, -0.1) is 10.2 Å². The molecule has 0 aromatic carbocycles. The fourth-order valence-electron chi connectivity index (χ4n) is 4.33. The third-order valence-electron chi connectivity index (χ3n) is 6.18. The van der Waals surface area contributed by atoms with Gasteiger partial charge < -0.3 is 14.2 Å². The van der Waals surface area contributed by atoms with E-state index in [4.69, 9.17) is 4.74 Å². The van der Waals surface area contributed by atoms with Crippen LogP contribution in [0.5, 0.6) is 0 Å². The van der Waals surface area contributed by atoms with Gasteiger partial charge in [0.25, 0.3) is 0 Å². The summed E-state index contributed by atoms with van der Waals surface area (Å²) in [6.45, 7) is 5.70. The van der Waals surface area contributed by atoms with Crippen LogP contribution in [0.4, 0.5) is 0 Å². The third kappa shape index (κ3) is 3.45. The van der Waals surface area contributed by atoms with E-state index >= 15 is 0 Å². The van der Waals surface area contributed by atoms with Crippen molar-refractivity contribution in [1.29, 1.82) is 0 Å². The summed E-state index contributed by atoms with van der Waals surface area (Å²) in [6, 6.07) is 0. The highest BCUT2D eigenvalue weighted by atomic mass is 16.5. The van der Waals surface area contributed by atoms with Gasteiger partial charge in [0.2, 0.25) is 0 Å². The van der Waals surface area contributed by atoms with Gasteiger partial charge in [-0.05, 0) is 63.5 Å². The van der Waals surface area contributed by atoms with Crippen LogP contribution >= 0.6 is 0 Å². The zero-order valence-corrected chi connectivity index (χ0v) is 14.5. The van der Waals surface area contributed by atoms with Crippen molar-refractivity contribution in [2.24, 2.45) is 12.5 Å². The Labute approximate surface area is 139 Å². The number of aryl methyl sites for hydroxylation is 1. The second-order valence-corrected chi connectivity index (χ2v) is 7.90. The van der Waals surface area contributed by atoms with E-state index in [1.807, 2.05) is 0 Å². The van der Waals surface area contributed by atoms with Crippen LogP contribution in [0.3, 0.4) is 0 Å².